The van der Waals surface area contributed by atoms with Crippen molar-refractivity contribution < 1.29 is 0 Å². The summed E-state index contributed by atoms with van der Waals surface area (Å²) in [7, 11) is 0. The summed E-state index contributed by atoms with van der Waals surface area (Å²) in [5.74, 6) is 1.02. The topological polar surface area (TPSA) is 28.7 Å². The first-order valence-electron chi connectivity index (χ1n) is 4.72. The molecular weight excluding hydrogens is 196 g/mol. The Balaban J connectivity index is 2.92. The van der Waals surface area contributed by atoms with Crippen molar-refractivity contribution in [1.82, 2.24) is 9.97 Å². The third-order valence-electron chi connectivity index (χ3n) is 1.93. The minimum atomic E-state index is 0.614. The summed E-state index contributed by atoms with van der Waals surface area (Å²) in [4.78, 5) is 7.65. The second-order valence-electron chi connectivity index (χ2n) is 3.18. The highest BCUT2D eigenvalue weighted by Crippen LogP contribution is 2.13. The number of imidazole rings is 1. The van der Waals surface area contributed by atoms with Crippen molar-refractivity contribution >= 4 is 17.7 Å². The Morgan fingerprint density at radius 1 is 1.64 bits per heavy atom. The summed E-state index contributed by atoms with van der Waals surface area (Å²) in [6, 6.07) is 0. The Labute approximate surface area is 89.7 Å². The normalized spacial score (nSPS) is 11.8. The summed E-state index contributed by atoms with van der Waals surface area (Å²) in [6.07, 6.45) is 5.49. The van der Waals surface area contributed by atoms with E-state index in [-0.39, 0.29) is 0 Å². The van der Waals surface area contributed by atoms with Crippen molar-refractivity contribution in [3.05, 3.63) is 34.9 Å². The molecule has 0 amide bonds. The van der Waals surface area contributed by atoms with E-state index in [1.54, 1.807) is 6.08 Å². The van der Waals surface area contributed by atoms with Crippen LogP contribution < -0.4 is 0 Å². The highest BCUT2D eigenvalue weighted by Gasteiger charge is 2.03. The second kappa shape index (κ2) is 5.01. The van der Waals surface area contributed by atoms with Gasteiger partial charge in [-0.05, 0) is 19.4 Å². The van der Waals surface area contributed by atoms with Gasteiger partial charge in [0.25, 0.3) is 0 Å². The number of H-pyrrole nitrogens is 1. The lowest BCUT2D eigenvalue weighted by atomic mass is 10.3. The number of hydrogen-bond donors (Lipinski definition) is 1. The van der Waals surface area contributed by atoms with Gasteiger partial charge in [0.2, 0.25) is 0 Å². The molecule has 0 bridgehead atoms. The molecule has 3 heteroatoms. The van der Waals surface area contributed by atoms with E-state index in [0.29, 0.717) is 5.03 Å². The van der Waals surface area contributed by atoms with Crippen LogP contribution in [0.15, 0.2) is 17.7 Å². The van der Waals surface area contributed by atoms with Crippen LogP contribution in [-0.4, -0.2) is 9.97 Å². The zero-order chi connectivity index (χ0) is 10.6. The maximum absolute atomic E-state index is 5.85. The fraction of sp³-hybridized carbons (Fsp3) is 0.364. The molecule has 76 valence electrons. The molecule has 1 rings (SSSR count). The van der Waals surface area contributed by atoms with Gasteiger partial charge in [-0.25, -0.2) is 4.98 Å². The predicted octanol–water partition coefficient (Wildman–Crippen LogP) is 3.44. The smallest absolute Gasteiger partial charge is 0.106 e. The predicted molar refractivity (Wildman–Crippen MR) is 61.3 cm³/mol. The van der Waals surface area contributed by atoms with Gasteiger partial charge in [0.15, 0.2) is 0 Å². The number of aromatic nitrogens is 2. The van der Waals surface area contributed by atoms with E-state index < -0.39 is 0 Å². The maximum atomic E-state index is 5.85. The molecular formula is C11H15ClN2. The molecule has 0 saturated carbocycles. The first-order valence-corrected chi connectivity index (χ1v) is 5.10. The van der Waals surface area contributed by atoms with E-state index in [2.05, 4.69) is 23.5 Å². The van der Waals surface area contributed by atoms with E-state index in [1.165, 1.54) is 0 Å². The number of nitrogens with zero attached hydrogens (tertiary/aromatic N) is 1. The zero-order valence-electron chi connectivity index (χ0n) is 8.60. The lowest BCUT2D eigenvalue weighted by Gasteiger charge is -1.88. The van der Waals surface area contributed by atoms with Gasteiger partial charge in [0.05, 0.1) is 5.69 Å². The number of aryl methyl sites for hydroxylation is 2. The van der Waals surface area contributed by atoms with Crippen LogP contribution >= 0.6 is 11.6 Å². The Morgan fingerprint density at radius 2 is 2.36 bits per heavy atom. The molecule has 0 atom stereocenters. The van der Waals surface area contributed by atoms with Crippen molar-refractivity contribution in [1.29, 1.82) is 0 Å². The second-order valence-corrected chi connectivity index (χ2v) is 3.61. The molecule has 1 N–H and O–H groups in total. The quantitative estimate of drug-likeness (QED) is 0.758. The van der Waals surface area contributed by atoms with Crippen LogP contribution in [0.5, 0.6) is 0 Å². The molecule has 14 heavy (non-hydrogen) atoms. The van der Waals surface area contributed by atoms with Gasteiger partial charge in [0, 0.05) is 17.1 Å². The third kappa shape index (κ3) is 2.74. The largest absolute Gasteiger partial charge is 0.346 e. The zero-order valence-corrected chi connectivity index (χ0v) is 9.36. The summed E-state index contributed by atoms with van der Waals surface area (Å²) in [5.41, 5.74) is 1.95. The average molecular weight is 211 g/mol. The molecule has 0 radical (unpaired) electrons. The van der Waals surface area contributed by atoms with Crippen LogP contribution in [0.4, 0.5) is 0 Å². The molecule has 1 aromatic heterocycles. The van der Waals surface area contributed by atoms with Crippen molar-refractivity contribution in [2.45, 2.75) is 26.7 Å². The Bertz CT molecular complexity index is 350. The molecule has 0 aliphatic carbocycles. The van der Waals surface area contributed by atoms with E-state index in [4.69, 9.17) is 11.6 Å². The molecule has 0 fully saturated rings. The van der Waals surface area contributed by atoms with E-state index in [1.807, 2.05) is 13.0 Å². The van der Waals surface area contributed by atoms with Gasteiger partial charge >= 0.3 is 0 Å². The third-order valence-corrected chi connectivity index (χ3v) is 2.19. The van der Waals surface area contributed by atoms with Crippen LogP contribution in [-0.2, 0) is 6.42 Å². The van der Waals surface area contributed by atoms with Crippen LogP contribution in [0.25, 0.3) is 6.08 Å². The van der Waals surface area contributed by atoms with Crippen LogP contribution in [0.2, 0.25) is 0 Å². The van der Waals surface area contributed by atoms with Crippen molar-refractivity contribution in [3.8, 4) is 0 Å². The highest BCUT2D eigenvalue weighted by atomic mass is 35.5. The number of nitrogens with one attached hydrogen (secondary N) is 1. The van der Waals surface area contributed by atoms with Gasteiger partial charge in [-0.15, -0.1) is 0 Å². The minimum Gasteiger partial charge on any atom is -0.346 e. The standard InChI is InChI=1S/C11H15ClN2/c1-4-6-11-13-8(3)10(14-11)7-9(12)5-2/h5,7H,2,4,6H2,1,3H3,(H,13,14)/b9-7+. The fourth-order valence-corrected chi connectivity index (χ4v) is 1.33. The highest BCUT2D eigenvalue weighted by molar-refractivity contribution is 6.33. The van der Waals surface area contributed by atoms with Crippen LogP contribution in [0, 0.1) is 6.92 Å². The van der Waals surface area contributed by atoms with Crippen LogP contribution in [0.1, 0.15) is 30.6 Å². The molecule has 0 aliphatic heterocycles. The minimum absolute atomic E-state index is 0.614. The fourth-order valence-electron chi connectivity index (χ4n) is 1.22. The molecule has 0 saturated heterocycles. The Kier molecular flexibility index (Phi) is 3.96. The van der Waals surface area contributed by atoms with Gasteiger partial charge in [0.1, 0.15) is 5.82 Å². The average Bonchev–Trinajstić information content (AvgIpc) is 2.47. The molecule has 1 heterocycles. The summed E-state index contributed by atoms with van der Waals surface area (Å²) in [5, 5.41) is 0.614. The molecule has 0 unspecified atom stereocenters. The van der Waals surface area contributed by atoms with Gasteiger partial charge in [-0.3, -0.25) is 0 Å². The molecule has 0 aliphatic rings. The van der Waals surface area contributed by atoms with Gasteiger partial charge < -0.3 is 4.98 Å². The molecule has 0 spiro atoms. The van der Waals surface area contributed by atoms with E-state index in [9.17, 15) is 0 Å². The summed E-state index contributed by atoms with van der Waals surface area (Å²) >= 11 is 5.85. The summed E-state index contributed by atoms with van der Waals surface area (Å²) < 4.78 is 0. The number of hydrogen-bond acceptors (Lipinski definition) is 1. The van der Waals surface area contributed by atoms with Gasteiger partial charge in [-0.1, -0.05) is 31.2 Å². The number of halogens is 1. The number of rotatable bonds is 4. The van der Waals surface area contributed by atoms with Gasteiger partial charge in [-0.2, -0.15) is 0 Å². The Hall–Kier alpha value is -1.02. The number of allylic oxidation sites excluding steroid dienone is 2. The molecule has 0 aromatic carbocycles. The van der Waals surface area contributed by atoms with Crippen molar-refractivity contribution in [3.63, 3.8) is 0 Å². The lowest BCUT2D eigenvalue weighted by molar-refractivity contribution is 0.853. The van der Waals surface area contributed by atoms with Crippen molar-refractivity contribution in [2.75, 3.05) is 0 Å². The van der Waals surface area contributed by atoms with Crippen LogP contribution in [0.3, 0.4) is 0 Å². The SMILES string of the molecule is C=C/C(Cl)=C\c1nc(CCC)[nH]c1C. The molecule has 2 nitrogen and oxygen atoms in total. The maximum Gasteiger partial charge on any atom is 0.106 e. The van der Waals surface area contributed by atoms with E-state index in [0.717, 1.165) is 30.1 Å². The number of aromatic amines is 1. The van der Waals surface area contributed by atoms with E-state index >= 15 is 0 Å². The monoisotopic (exact) mass is 210 g/mol. The first kappa shape index (κ1) is 11.1. The van der Waals surface area contributed by atoms with Crippen molar-refractivity contribution in [2.24, 2.45) is 0 Å². The first-order chi connectivity index (χ1) is 6.67. The Morgan fingerprint density at radius 3 is 2.93 bits per heavy atom. The lowest BCUT2D eigenvalue weighted by Crippen LogP contribution is -1.85. The summed E-state index contributed by atoms with van der Waals surface area (Å²) in [6.45, 7) is 7.71. The molecule has 1 aromatic rings.